The number of carbonyl (C=O) groups excluding carboxylic acids is 2. The maximum Gasteiger partial charge on any atom is 0.313 e. The molecule has 2 aromatic rings. The maximum absolute atomic E-state index is 12.5. The third kappa shape index (κ3) is 5.67. The molecule has 0 radical (unpaired) electrons. The molecular weight excluding hydrogens is 404 g/mol. The van der Waals surface area contributed by atoms with Crippen molar-refractivity contribution in [1.29, 1.82) is 0 Å². The van der Waals surface area contributed by atoms with Gasteiger partial charge >= 0.3 is 11.8 Å². The van der Waals surface area contributed by atoms with Gasteiger partial charge in [-0.2, -0.15) is 0 Å². The Balaban J connectivity index is 1.64. The Morgan fingerprint density at radius 3 is 2.43 bits per heavy atom. The number of thioether (sulfide) groups is 1. The molecule has 0 unspecified atom stereocenters. The highest BCUT2D eigenvalue weighted by Gasteiger charge is 2.35. The van der Waals surface area contributed by atoms with E-state index in [4.69, 9.17) is 14.2 Å². The highest BCUT2D eigenvalue weighted by Crippen LogP contribution is 2.40. The van der Waals surface area contributed by atoms with Gasteiger partial charge in [-0.15, -0.1) is 11.8 Å². The van der Waals surface area contributed by atoms with Crippen molar-refractivity contribution in [3.05, 3.63) is 48.5 Å². The lowest BCUT2D eigenvalue weighted by Gasteiger charge is -2.36. The number of hydrogen-bond acceptors (Lipinski definition) is 6. The minimum atomic E-state index is -0.756. The summed E-state index contributed by atoms with van der Waals surface area (Å²) < 4.78 is 15.7. The Kier molecular flexibility index (Phi) is 7.59. The van der Waals surface area contributed by atoms with Crippen molar-refractivity contribution in [2.75, 3.05) is 39.3 Å². The maximum atomic E-state index is 12.5. The third-order valence-corrected chi connectivity index (χ3v) is 6.41. The van der Waals surface area contributed by atoms with E-state index in [0.717, 1.165) is 17.7 Å². The highest BCUT2D eigenvalue weighted by atomic mass is 32.2. The molecule has 1 fully saturated rings. The normalized spacial score (nSPS) is 15.1. The molecule has 2 N–H and O–H groups in total. The Hall–Kier alpha value is -2.71. The number of nitrogens with one attached hydrogen (secondary N) is 2. The monoisotopic (exact) mass is 430 g/mol. The molecule has 0 atom stereocenters. The fourth-order valence-electron chi connectivity index (χ4n) is 3.21. The SMILES string of the molecule is COc1ccc(OC)c(NC(=O)C(=O)NCC2(Sc3ccccc3)CCOCC2)c1. The molecule has 0 aromatic heterocycles. The van der Waals surface area contributed by atoms with Gasteiger partial charge in [0.2, 0.25) is 0 Å². The molecule has 1 aliphatic rings. The van der Waals surface area contributed by atoms with Crippen molar-refractivity contribution in [2.45, 2.75) is 22.5 Å². The van der Waals surface area contributed by atoms with E-state index in [1.54, 1.807) is 30.0 Å². The van der Waals surface area contributed by atoms with Crippen LogP contribution in [0.2, 0.25) is 0 Å². The smallest absolute Gasteiger partial charge is 0.313 e. The van der Waals surface area contributed by atoms with Crippen molar-refractivity contribution in [2.24, 2.45) is 0 Å². The van der Waals surface area contributed by atoms with Crippen molar-refractivity contribution in [3.63, 3.8) is 0 Å². The molecule has 0 bridgehead atoms. The Labute approximate surface area is 180 Å². The van der Waals surface area contributed by atoms with Crippen LogP contribution in [0.25, 0.3) is 0 Å². The molecule has 30 heavy (non-hydrogen) atoms. The van der Waals surface area contributed by atoms with Gasteiger partial charge in [0.05, 0.1) is 19.9 Å². The van der Waals surface area contributed by atoms with Crippen molar-refractivity contribution >= 4 is 29.3 Å². The number of carbonyl (C=O) groups is 2. The summed E-state index contributed by atoms with van der Waals surface area (Å²) >= 11 is 1.72. The number of benzene rings is 2. The average Bonchev–Trinajstić information content (AvgIpc) is 2.78. The van der Waals surface area contributed by atoms with E-state index in [9.17, 15) is 9.59 Å². The summed E-state index contributed by atoms with van der Waals surface area (Å²) in [5.74, 6) is -0.461. The van der Waals surface area contributed by atoms with Crippen LogP contribution in [0.5, 0.6) is 11.5 Å². The van der Waals surface area contributed by atoms with Crippen LogP contribution in [0, 0.1) is 0 Å². The lowest BCUT2D eigenvalue weighted by Crippen LogP contribution is -2.47. The summed E-state index contributed by atoms with van der Waals surface area (Å²) in [6.45, 7) is 1.63. The van der Waals surface area contributed by atoms with Crippen molar-refractivity contribution in [1.82, 2.24) is 5.32 Å². The second-order valence-corrected chi connectivity index (χ2v) is 8.46. The zero-order chi connectivity index (χ0) is 21.4. The van der Waals surface area contributed by atoms with E-state index >= 15 is 0 Å². The molecule has 0 spiro atoms. The largest absolute Gasteiger partial charge is 0.497 e. The molecule has 1 aliphatic heterocycles. The summed E-state index contributed by atoms with van der Waals surface area (Å²) in [5.41, 5.74) is 0.372. The molecular formula is C22H26N2O5S. The van der Waals surface area contributed by atoms with Gasteiger partial charge < -0.3 is 24.8 Å². The average molecular weight is 431 g/mol. The van der Waals surface area contributed by atoms with Crippen molar-refractivity contribution in [3.8, 4) is 11.5 Å². The molecule has 7 nitrogen and oxygen atoms in total. The predicted molar refractivity (Wildman–Crippen MR) is 116 cm³/mol. The molecule has 2 amide bonds. The first-order valence-corrected chi connectivity index (χ1v) is 10.5. The van der Waals surface area contributed by atoms with E-state index in [0.29, 0.717) is 36.9 Å². The second kappa shape index (κ2) is 10.4. The van der Waals surface area contributed by atoms with Crippen LogP contribution >= 0.6 is 11.8 Å². The van der Waals surface area contributed by atoms with Gasteiger partial charge in [-0.3, -0.25) is 9.59 Å². The van der Waals surface area contributed by atoms with E-state index in [2.05, 4.69) is 10.6 Å². The lowest BCUT2D eigenvalue weighted by atomic mass is 9.99. The highest BCUT2D eigenvalue weighted by molar-refractivity contribution is 8.00. The Bertz CT molecular complexity index is 869. The van der Waals surface area contributed by atoms with Crippen LogP contribution in [0.15, 0.2) is 53.4 Å². The summed E-state index contributed by atoms with van der Waals surface area (Å²) in [7, 11) is 3.02. The van der Waals surface area contributed by atoms with E-state index in [1.165, 1.54) is 14.2 Å². The summed E-state index contributed by atoms with van der Waals surface area (Å²) in [4.78, 5) is 26.1. The fraction of sp³-hybridized carbons (Fsp3) is 0.364. The van der Waals surface area contributed by atoms with E-state index < -0.39 is 11.8 Å². The van der Waals surface area contributed by atoms with Crippen LogP contribution in [0.3, 0.4) is 0 Å². The van der Waals surface area contributed by atoms with Gasteiger partial charge in [-0.25, -0.2) is 0 Å². The van der Waals surface area contributed by atoms with Crippen LogP contribution < -0.4 is 20.1 Å². The minimum absolute atomic E-state index is 0.219. The number of amides is 2. The van der Waals surface area contributed by atoms with Gasteiger partial charge in [-0.05, 0) is 37.1 Å². The Morgan fingerprint density at radius 2 is 1.77 bits per heavy atom. The third-order valence-electron chi connectivity index (χ3n) is 4.91. The first-order chi connectivity index (χ1) is 14.5. The van der Waals surface area contributed by atoms with Gasteiger partial charge in [0.1, 0.15) is 11.5 Å². The molecule has 8 heteroatoms. The Morgan fingerprint density at radius 1 is 1.03 bits per heavy atom. The molecule has 1 saturated heterocycles. The van der Waals surface area contributed by atoms with E-state index in [-0.39, 0.29) is 4.75 Å². The second-order valence-electron chi connectivity index (χ2n) is 6.91. The number of rotatable bonds is 7. The first-order valence-electron chi connectivity index (χ1n) is 9.68. The quantitative estimate of drug-likeness (QED) is 0.657. The molecule has 1 heterocycles. The first kappa shape index (κ1) is 22.0. The van der Waals surface area contributed by atoms with Crippen LogP contribution in [-0.2, 0) is 14.3 Å². The zero-order valence-electron chi connectivity index (χ0n) is 17.1. The molecule has 2 aromatic carbocycles. The minimum Gasteiger partial charge on any atom is -0.497 e. The summed E-state index contributed by atoms with van der Waals surface area (Å²) in [6.07, 6.45) is 1.58. The summed E-state index contributed by atoms with van der Waals surface area (Å²) in [6, 6.07) is 15.0. The lowest BCUT2D eigenvalue weighted by molar-refractivity contribution is -0.136. The van der Waals surface area contributed by atoms with Gasteiger partial charge in [0.25, 0.3) is 0 Å². The molecule has 0 aliphatic carbocycles. The van der Waals surface area contributed by atoms with Crippen LogP contribution in [0.1, 0.15) is 12.8 Å². The number of anilines is 1. The fourth-order valence-corrected chi connectivity index (χ4v) is 4.52. The number of ether oxygens (including phenoxy) is 3. The topological polar surface area (TPSA) is 85.9 Å². The summed E-state index contributed by atoms with van der Waals surface area (Å²) in [5, 5.41) is 5.40. The standard InChI is InChI=1S/C22H26N2O5S/c1-27-16-8-9-19(28-2)18(14-16)24-21(26)20(25)23-15-22(10-12-29-13-11-22)30-17-6-4-3-5-7-17/h3-9,14H,10-13,15H2,1-2H3,(H,23,25)(H,24,26). The molecule has 3 rings (SSSR count). The predicted octanol–water partition coefficient (Wildman–Crippen LogP) is 3.10. The van der Waals surface area contributed by atoms with Gasteiger partial charge in [0, 0.05) is 35.5 Å². The van der Waals surface area contributed by atoms with Crippen LogP contribution in [0.4, 0.5) is 5.69 Å². The van der Waals surface area contributed by atoms with Gasteiger partial charge in [0.15, 0.2) is 0 Å². The molecule has 0 saturated carbocycles. The van der Waals surface area contributed by atoms with Crippen molar-refractivity contribution < 1.29 is 23.8 Å². The number of hydrogen-bond donors (Lipinski definition) is 2. The number of methoxy groups -OCH3 is 2. The van der Waals surface area contributed by atoms with E-state index in [1.807, 2.05) is 30.3 Å². The van der Waals surface area contributed by atoms with Crippen LogP contribution in [-0.4, -0.2) is 50.5 Å². The zero-order valence-corrected chi connectivity index (χ0v) is 17.9. The molecule has 160 valence electrons. The van der Waals surface area contributed by atoms with Gasteiger partial charge in [-0.1, -0.05) is 18.2 Å².